The van der Waals surface area contributed by atoms with Crippen molar-refractivity contribution < 1.29 is 80.5 Å². The Hall–Kier alpha value is -2.57. The summed E-state index contributed by atoms with van der Waals surface area (Å²) in [5.41, 5.74) is 1.99. The number of para-hydroxylation sites is 3. The van der Waals surface area contributed by atoms with Gasteiger partial charge in [0.25, 0.3) is 0 Å². The van der Waals surface area contributed by atoms with E-state index in [-0.39, 0.29) is 82.4 Å². The molecule has 0 bridgehead atoms. The third kappa shape index (κ3) is 7.97. The zero-order chi connectivity index (χ0) is 23.0. The molecular formula is C27H21N3O3Ti3. The number of pyridine rings is 3. The molecule has 3 N–H and O–H groups in total. The van der Waals surface area contributed by atoms with Crippen LogP contribution in [0.25, 0.3) is 32.7 Å². The van der Waals surface area contributed by atoms with Crippen LogP contribution in [0.5, 0.6) is 17.2 Å². The van der Waals surface area contributed by atoms with E-state index in [1.54, 1.807) is 55.0 Å². The molecule has 0 atom stereocenters. The summed E-state index contributed by atoms with van der Waals surface area (Å²) in [6.07, 6.45) is 5.01. The van der Waals surface area contributed by atoms with E-state index in [0.29, 0.717) is 16.6 Å². The number of hydrogen-bond acceptors (Lipinski definition) is 6. The van der Waals surface area contributed by atoms with Gasteiger partial charge in [0.15, 0.2) is 0 Å². The molecule has 0 aliphatic rings. The topological polar surface area (TPSA) is 99.4 Å². The first-order valence-corrected chi connectivity index (χ1v) is 10.2. The predicted molar refractivity (Wildman–Crippen MR) is 130 cm³/mol. The van der Waals surface area contributed by atoms with Gasteiger partial charge in [0, 0.05) is 99.9 Å². The Bertz CT molecular complexity index is 1330. The maximum atomic E-state index is 9.31. The van der Waals surface area contributed by atoms with Gasteiger partial charge < -0.3 is 15.3 Å². The maximum absolute atomic E-state index is 9.31. The molecule has 0 saturated heterocycles. The van der Waals surface area contributed by atoms with Crippen LogP contribution in [-0.4, -0.2) is 30.3 Å². The van der Waals surface area contributed by atoms with Gasteiger partial charge in [-0.1, -0.05) is 54.6 Å². The Labute approximate surface area is 253 Å². The zero-order valence-electron chi connectivity index (χ0n) is 19.1. The molecule has 36 heavy (non-hydrogen) atoms. The summed E-state index contributed by atoms with van der Waals surface area (Å²) >= 11 is 0. The van der Waals surface area contributed by atoms with Crippen LogP contribution in [-0.2, 0) is 65.2 Å². The summed E-state index contributed by atoms with van der Waals surface area (Å²) in [5, 5.41) is 30.8. The van der Waals surface area contributed by atoms with Crippen LogP contribution in [0.1, 0.15) is 0 Å². The minimum atomic E-state index is 0. The summed E-state index contributed by atoms with van der Waals surface area (Å²) in [7, 11) is 0. The number of benzene rings is 3. The van der Waals surface area contributed by atoms with E-state index in [0.717, 1.165) is 16.2 Å². The molecule has 0 aliphatic heterocycles. The van der Waals surface area contributed by atoms with E-state index in [1.165, 1.54) is 0 Å². The molecular weight excluding hydrogens is 558 g/mol. The number of phenols is 3. The molecule has 3 aromatic carbocycles. The molecule has 3 heterocycles. The van der Waals surface area contributed by atoms with Crippen LogP contribution in [0.2, 0.25) is 0 Å². The first-order chi connectivity index (χ1) is 16.1. The molecule has 6 aromatic rings. The first kappa shape index (κ1) is 31.5. The summed E-state index contributed by atoms with van der Waals surface area (Å²) in [6, 6.07) is 27.4. The molecule has 6 rings (SSSR count). The van der Waals surface area contributed by atoms with Gasteiger partial charge in [0.2, 0.25) is 0 Å². The van der Waals surface area contributed by atoms with Crippen molar-refractivity contribution in [2.24, 2.45) is 0 Å². The second-order valence-corrected chi connectivity index (χ2v) is 7.06. The van der Waals surface area contributed by atoms with E-state index < -0.39 is 0 Å². The maximum Gasteiger partial charge on any atom is 0.141 e. The van der Waals surface area contributed by atoms with Gasteiger partial charge in [-0.05, 0) is 36.4 Å². The van der Waals surface area contributed by atoms with E-state index in [2.05, 4.69) is 15.0 Å². The fourth-order valence-corrected chi connectivity index (χ4v) is 3.26. The van der Waals surface area contributed by atoms with Crippen molar-refractivity contribution in [3.63, 3.8) is 0 Å². The van der Waals surface area contributed by atoms with Crippen molar-refractivity contribution in [3.05, 3.63) is 110 Å². The molecule has 9 heteroatoms. The second-order valence-electron chi connectivity index (χ2n) is 7.06. The average Bonchev–Trinajstić information content (AvgIpc) is 2.86. The number of rotatable bonds is 0. The average molecular weight is 579 g/mol. The number of hydrogen-bond donors (Lipinski definition) is 3. The molecule has 0 aliphatic carbocycles. The Balaban J connectivity index is 0.000000259. The van der Waals surface area contributed by atoms with Crippen LogP contribution in [0.15, 0.2) is 110 Å². The van der Waals surface area contributed by atoms with Crippen molar-refractivity contribution in [2.45, 2.75) is 0 Å². The number of nitrogens with zero attached hydrogens (tertiary/aromatic N) is 3. The summed E-state index contributed by atoms with van der Waals surface area (Å²) in [4.78, 5) is 12.1. The molecule has 174 valence electrons. The first-order valence-electron chi connectivity index (χ1n) is 10.2. The van der Waals surface area contributed by atoms with Crippen molar-refractivity contribution in [3.8, 4) is 17.2 Å². The minimum Gasteiger partial charge on any atom is -0.506 e. The SMILES string of the molecule is Oc1cccc2cccnc12.Oc1cccc2cccnc12.Oc1cccc2cccnc12.[Ti].[Ti].[Ti]. The Morgan fingerprint density at radius 1 is 0.361 bits per heavy atom. The molecule has 0 saturated carbocycles. The van der Waals surface area contributed by atoms with Gasteiger partial charge in [0.05, 0.1) is 0 Å². The number of phenolic OH excluding ortho intramolecular Hbond substituents is 3. The van der Waals surface area contributed by atoms with Crippen molar-refractivity contribution in [1.29, 1.82) is 0 Å². The second kappa shape index (κ2) is 15.5. The van der Waals surface area contributed by atoms with E-state index in [1.807, 2.05) is 54.6 Å². The molecule has 0 spiro atoms. The molecule has 0 fully saturated rings. The van der Waals surface area contributed by atoms with Crippen LogP contribution in [0.4, 0.5) is 0 Å². The van der Waals surface area contributed by atoms with E-state index >= 15 is 0 Å². The van der Waals surface area contributed by atoms with Gasteiger partial charge >= 0.3 is 0 Å². The normalized spacial score (nSPS) is 9.33. The standard InChI is InChI=1S/3C9H7NO.3Ti/c3*11-8-5-1-3-7-4-2-6-10-9(7)8;;;/h3*1-6,11H;;;. The Morgan fingerprint density at radius 2 is 0.611 bits per heavy atom. The monoisotopic (exact) mass is 579 g/mol. The van der Waals surface area contributed by atoms with Crippen LogP contribution in [0, 0.1) is 0 Å². The fourth-order valence-electron chi connectivity index (χ4n) is 3.26. The van der Waals surface area contributed by atoms with Crippen molar-refractivity contribution >= 4 is 32.7 Å². The minimum absolute atomic E-state index is 0. The zero-order valence-corrected chi connectivity index (χ0v) is 23.8. The van der Waals surface area contributed by atoms with Crippen LogP contribution in [0.3, 0.4) is 0 Å². The molecule has 0 unspecified atom stereocenters. The van der Waals surface area contributed by atoms with Gasteiger partial charge in [-0.25, -0.2) is 0 Å². The largest absolute Gasteiger partial charge is 0.506 e. The third-order valence-corrected chi connectivity index (χ3v) is 4.83. The number of aromatic hydroxyl groups is 3. The van der Waals surface area contributed by atoms with Gasteiger partial charge in [-0.15, -0.1) is 0 Å². The van der Waals surface area contributed by atoms with Gasteiger partial charge in [0.1, 0.15) is 33.8 Å². The summed E-state index contributed by atoms with van der Waals surface area (Å²) in [5.74, 6) is 0.717. The Kier molecular flexibility index (Phi) is 13.6. The summed E-state index contributed by atoms with van der Waals surface area (Å²) < 4.78 is 0. The van der Waals surface area contributed by atoms with Gasteiger partial charge in [-0.3, -0.25) is 15.0 Å². The molecule has 3 aromatic heterocycles. The van der Waals surface area contributed by atoms with E-state index in [9.17, 15) is 15.3 Å². The molecule has 0 radical (unpaired) electrons. The number of fused-ring (bicyclic) bond motifs is 3. The molecule has 6 nitrogen and oxygen atoms in total. The predicted octanol–water partition coefficient (Wildman–Crippen LogP) is 5.81. The fraction of sp³-hybridized carbons (Fsp3) is 0. The smallest absolute Gasteiger partial charge is 0.141 e. The van der Waals surface area contributed by atoms with Crippen molar-refractivity contribution in [2.75, 3.05) is 0 Å². The quantitative estimate of drug-likeness (QED) is 0.197. The summed E-state index contributed by atoms with van der Waals surface area (Å²) in [6.45, 7) is 0. The molecule has 0 amide bonds. The van der Waals surface area contributed by atoms with Crippen molar-refractivity contribution in [1.82, 2.24) is 15.0 Å². The Morgan fingerprint density at radius 3 is 0.861 bits per heavy atom. The van der Waals surface area contributed by atoms with E-state index in [4.69, 9.17) is 0 Å². The van der Waals surface area contributed by atoms with Gasteiger partial charge in [-0.2, -0.15) is 0 Å². The van der Waals surface area contributed by atoms with Crippen LogP contribution >= 0.6 is 0 Å². The van der Waals surface area contributed by atoms with Crippen LogP contribution < -0.4 is 0 Å². The third-order valence-electron chi connectivity index (χ3n) is 4.83. The number of aromatic nitrogens is 3.